The van der Waals surface area contributed by atoms with Crippen molar-refractivity contribution in [2.75, 3.05) is 31.5 Å². The zero-order chi connectivity index (χ0) is 28.7. The maximum atomic E-state index is 13.4. The molecule has 5 rings (SSSR count). The maximum absolute atomic E-state index is 13.4. The predicted octanol–water partition coefficient (Wildman–Crippen LogP) is 4.20. The van der Waals surface area contributed by atoms with Crippen molar-refractivity contribution in [3.63, 3.8) is 0 Å². The van der Waals surface area contributed by atoms with Crippen molar-refractivity contribution >= 4 is 38.8 Å². The Balaban J connectivity index is 1.32. The third kappa shape index (κ3) is 5.83. The number of fused-ring (bicyclic) bond motifs is 1. The van der Waals surface area contributed by atoms with Gasteiger partial charge in [0, 0.05) is 55.6 Å². The Labute approximate surface area is 234 Å². The Hall–Kier alpha value is -3.51. The Morgan fingerprint density at radius 1 is 1.05 bits per heavy atom. The summed E-state index contributed by atoms with van der Waals surface area (Å²) < 4.78 is 35.3. The van der Waals surface area contributed by atoms with Crippen molar-refractivity contribution in [1.29, 1.82) is 0 Å². The van der Waals surface area contributed by atoms with E-state index < -0.39 is 21.7 Å². The molecular weight excluding hydrogens is 532 g/mol. The second-order valence-corrected chi connectivity index (χ2v) is 13.4. The molecule has 1 aliphatic heterocycles. The molecule has 2 aromatic heterocycles. The van der Waals surface area contributed by atoms with Gasteiger partial charge >= 0.3 is 6.09 Å². The minimum Gasteiger partial charge on any atom is -0.444 e. The van der Waals surface area contributed by atoms with Crippen LogP contribution in [0.2, 0.25) is 0 Å². The van der Waals surface area contributed by atoms with Crippen LogP contribution in [-0.2, 0) is 14.8 Å². The topological polar surface area (TPSA) is 127 Å². The lowest BCUT2D eigenvalue weighted by Gasteiger charge is -2.35. The summed E-state index contributed by atoms with van der Waals surface area (Å²) in [6.07, 6.45) is 5.36. The van der Waals surface area contributed by atoms with E-state index in [1.807, 2.05) is 6.92 Å². The van der Waals surface area contributed by atoms with Gasteiger partial charge in [-0.1, -0.05) is 12.8 Å². The summed E-state index contributed by atoms with van der Waals surface area (Å²) in [7, 11) is -3.75. The summed E-state index contributed by atoms with van der Waals surface area (Å²) in [5.74, 6) is 0.335. The number of anilines is 2. The number of piperazine rings is 1. The fourth-order valence-corrected chi connectivity index (χ4v) is 6.77. The van der Waals surface area contributed by atoms with Crippen LogP contribution in [0.1, 0.15) is 58.1 Å². The first-order valence-electron chi connectivity index (χ1n) is 13.7. The van der Waals surface area contributed by atoms with E-state index in [4.69, 9.17) is 4.74 Å². The minimum absolute atomic E-state index is 0.0679. The van der Waals surface area contributed by atoms with Crippen molar-refractivity contribution < 1.29 is 17.9 Å². The number of aromatic nitrogens is 3. The number of aryl methyl sites for hydroxylation is 1. The minimum atomic E-state index is -3.75. The Bertz CT molecular complexity index is 1580. The third-order valence-electron chi connectivity index (χ3n) is 7.33. The van der Waals surface area contributed by atoms with Crippen LogP contribution < -0.4 is 10.9 Å². The number of amides is 1. The average molecular weight is 569 g/mol. The van der Waals surface area contributed by atoms with E-state index in [0.717, 1.165) is 31.1 Å². The molecule has 12 heteroatoms. The molecule has 11 nitrogen and oxygen atoms in total. The van der Waals surface area contributed by atoms with Gasteiger partial charge in [-0.05, 0) is 70.4 Å². The summed E-state index contributed by atoms with van der Waals surface area (Å²) >= 11 is 0. The molecule has 0 unspecified atom stereocenters. The first kappa shape index (κ1) is 28.0. The number of carbonyl (C=O) groups is 1. The first-order chi connectivity index (χ1) is 18.9. The van der Waals surface area contributed by atoms with E-state index in [2.05, 4.69) is 15.3 Å². The van der Waals surface area contributed by atoms with Crippen LogP contribution in [0.25, 0.3) is 11.0 Å². The SMILES string of the molecule is Cc1cc(S(=O)(=O)N2CCN(C(=O)OC(C)(C)C)CC2)ccc1Nc1ncc2ccc(=O)n(C3CCCC3)c2n1. The fraction of sp³-hybridized carbons (Fsp3) is 0.500. The van der Waals surface area contributed by atoms with Crippen LogP contribution in [0, 0.1) is 6.92 Å². The van der Waals surface area contributed by atoms with Crippen LogP contribution in [0.3, 0.4) is 0 Å². The number of sulfonamides is 1. The molecule has 1 saturated heterocycles. The number of nitrogens with zero attached hydrogens (tertiary/aromatic N) is 5. The van der Waals surface area contributed by atoms with Gasteiger partial charge in [-0.3, -0.25) is 9.36 Å². The van der Waals surface area contributed by atoms with E-state index in [9.17, 15) is 18.0 Å². The largest absolute Gasteiger partial charge is 0.444 e. The molecule has 1 saturated carbocycles. The number of nitrogens with one attached hydrogen (secondary N) is 1. The second kappa shape index (κ2) is 10.8. The molecule has 40 heavy (non-hydrogen) atoms. The lowest BCUT2D eigenvalue weighted by molar-refractivity contribution is 0.0192. The van der Waals surface area contributed by atoms with Gasteiger partial charge < -0.3 is 15.0 Å². The molecule has 0 atom stereocenters. The van der Waals surface area contributed by atoms with Crippen LogP contribution in [0.5, 0.6) is 0 Å². The van der Waals surface area contributed by atoms with Crippen LogP contribution in [0.4, 0.5) is 16.4 Å². The number of hydrogen-bond donors (Lipinski definition) is 1. The normalized spacial score (nSPS) is 17.4. The Morgan fingerprint density at radius 3 is 2.40 bits per heavy atom. The van der Waals surface area contributed by atoms with Crippen molar-refractivity contribution in [3.05, 3.63) is 52.4 Å². The maximum Gasteiger partial charge on any atom is 0.410 e. The van der Waals surface area contributed by atoms with Gasteiger partial charge in [0.1, 0.15) is 11.2 Å². The highest BCUT2D eigenvalue weighted by Crippen LogP contribution is 2.31. The van der Waals surface area contributed by atoms with Gasteiger partial charge in [0.2, 0.25) is 16.0 Å². The summed E-state index contributed by atoms with van der Waals surface area (Å²) in [4.78, 5) is 35.9. The van der Waals surface area contributed by atoms with Crippen molar-refractivity contribution in [1.82, 2.24) is 23.7 Å². The van der Waals surface area contributed by atoms with Gasteiger partial charge in [0.05, 0.1) is 4.90 Å². The van der Waals surface area contributed by atoms with E-state index in [-0.39, 0.29) is 42.7 Å². The Kier molecular flexibility index (Phi) is 7.58. The predicted molar refractivity (Wildman–Crippen MR) is 152 cm³/mol. The lowest BCUT2D eigenvalue weighted by atomic mass is 10.2. The average Bonchev–Trinajstić information content (AvgIpc) is 3.43. The molecule has 3 aromatic rings. The molecule has 1 N–H and O–H groups in total. The number of benzene rings is 1. The lowest BCUT2D eigenvalue weighted by Crippen LogP contribution is -2.51. The third-order valence-corrected chi connectivity index (χ3v) is 9.22. The standard InChI is InChI=1S/C28H36N6O5S/c1-19-17-22(40(37,38)33-15-13-32(14-16-33)27(36)39-28(2,3)4)10-11-23(19)30-26-29-18-20-9-12-24(35)34(25(20)31-26)21-7-5-6-8-21/h9-12,17-18,21H,5-8,13-16H2,1-4H3,(H,29,30,31). The van der Waals surface area contributed by atoms with Gasteiger partial charge in [0.15, 0.2) is 0 Å². The van der Waals surface area contributed by atoms with Crippen LogP contribution in [-0.4, -0.2) is 70.0 Å². The fourth-order valence-electron chi connectivity index (χ4n) is 5.26. The summed E-state index contributed by atoms with van der Waals surface area (Å²) in [6.45, 7) is 8.12. The molecular formula is C28H36N6O5S. The van der Waals surface area contributed by atoms with E-state index in [1.165, 1.54) is 9.21 Å². The molecule has 1 amide bonds. The zero-order valence-electron chi connectivity index (χ0n) is 23.4. The van der Waals surface area contributed by atoms with Crippen molar-refractivity contribution in [3.8, 4) is 0 Å². The molecule has 1 aromatic carbocycles. The van der Waals surface area contributed by atoms with Crippen LogP contribution in [0.15, 0.2) is 46.2 Å². The first-order valence-corrected chi connectivity index (χ1v) is 15.1. The van der Waals surface area contributed by atoms with Crippen LogP contribution >= 0.6 is 0 Å². The number of pyridine rings is 1. The van der Waals surface area contributed by atoms with Gasteiger partial charge in [-0.15, -0.1) is 0 Å². The number of carbonyl (C=O) groups excluding carboxylic acids is 1. The van der Waals surface area contributed by atoms with Gasteiger partial charge in [0.25, 0.3) is 5.56 Å². The molecule has 1 aliphatic carbocycles. The van der Waals surface area contributed by atoms with Crippen molar-refractivity contribution in [2.45, 2.75) is 69.9 Å². The number of rotatable bonds is 5. The smallest absolute Gasteiger partial charge is 0.410 e. The van der Waals surface area contributed by atoms with E-state index in [1.54, 1.807) is 61.9 Å². The zero-order valence-corrected chi connectivity index (χ0v) is 24.2. The highest BCUT2D eigenvalue weighted by Gasteiger charge is 2.32. The van der Waals surface area contributed by atoms with Gasteiger partial charge in [-0.25, -0.2) is 18.2 Å². The second-order valence-electron chi connectivity index (χ2n) is 11.4. The monoisotopic (exact) mass is 568 g/mol. The summed E-state index contributed by atoms with van der Waals surface area (Å²) in [5, 5.41) is 3.99. The molecule has 0 bridgehead atoms. The molecule has 214 valence electrons. The van der Waals surface area contributed by atoms with E-state index in [0.29, 0.717) is 22.8 Å². The molecule has 3 heterocycles. The summed E-state index contributed by atoms with van der Waals surface area (Å²) in [5.41, 5.74) is 1.29. The quantitative estimate of drug-likeness (QED) is 0.485. The Morgan fingerprint density at radius 2 is 1.75 bits per heavy atom. The molecule has 0 spiro atoms. The summed E-state index contributed by atoms with van der Waals surface area (Å²) in [6, 6.07) is 8.31. The molecule has 2 fully saturated rings. The number of hydrogen-bond acceptors (Lipinski definition) is 8. The molecule has 0 radical (unpaired) electrons. The van der Waals surface area contributed by atoms with E-state index >= 15 is 0 Å². The highest BCUT2D eigenvalue weighted by molar-refractivity contribution is 7.89. The highest BCUT2D eigenvalue weighted by atomic mass is 32.2. The number of ether oxygens (including phenoxy) is 1. The van der Waals surface area contributed by atoms with Crippen molar-refractivity contribution in [2.24, 2.45) is 0 Å². The van der Waals surface area contributed by atoms with Gasteiger partial charge in [-0.2, -0.15) is 9.29 Å². The molecule has 2 aliphatic rings.